The van der Waals surface area contributed by atoms with Gasteiger partial charge in [0.15, 0.2) is 5.96 Å². The Kier molecular flexibility index (Phi) is 4.97. The average Bonchev–Trinajstić information content (AvgIpc) is 2.85. The summed E-state index contributed by atoms with van der Waals surface area (Å²) in [5, 5.41) is 13.6. The van der Waals surface area contributed by atoms with Crippen LogP contribution in [0, 0.1) is 6.92 Å². The first-order valence-electron chi connectivity index (χ1n) is 6.90. The van der Waals surface area contributed by atoms with Gasteiger partial charge in [-0.15, -0.1) is 0 Å². The molecule has 0 radical (unpaired) electrons. The van der Waals surface area contributed by atoms with Crippen molar-refractivity contribution in [3.63, 3.8) is 0 Å². The second-order valence-electron chi connectivity index (χ2n) is 4.96. The van der Waals surface area contributed by atoms with Crippen molar-refractivity contribution < 1.29 is 4.79 Å². The van der Waals surface area contributed by atoms with Crippen molar-refractivity contribution in [1.29, 1.82) is 0 Å². The van der Waals surface area contributed by atoms with Gasteiger partial charge in [-0.05, 0) is 18.9 Å². The van der Waals surface area contributed by atoms with Gasteiger partial charge in [-0.2, -0.15) is 5.10 Å². The number of aromatic nitrogens is 2. The van der Waals surface area contributed by atoms with Gasteiger partial charge in [-0.3, -0.25) is 14.5 Å². The van der Waals surface area contributed by atoms with Gasteiger partial charge in [-0.25, -0.2) is 0 Å². The van der Waals surface area contributed by atoms with Crippen molar-refractivity contribution >= 4 is 11.9 Å². The molecule has 20 heavy (non-hydrogen) atoms. The van der Waals surface area contributed by atoms with Crippen molar-refractivity contribution in [3.8, 4) is 0 Å². The second kappa shape index (κ2) is 6.93. The van der Waals surface area contributed by atoms with Crippen LogP contribution in [-0.4, -0.2) is 47.8 Å². The Labute approximate surface area is 118 Å². The standard InChI is InChI=1S/C13H22N6O/c1-10-7-17-19(9-10)6-5-15-13(14-2)18-11-3-4-12(20)16-8-11/h7,9,11H,3-6,8H2,1-2H3,(H,16,20)(H2,14,15,18). The molecule has 1 aromatic rings. The number of hydrogen-bond acceptors (Lipinski definition) is 3. The predicted octanol–water partition coefficient (Wildman–Crippen LogP) is -0.365. The van der Waals surface area contributed by atoms with Crippen LogP contribution in [0.5, 0.6) is 0 Å². The van der Waals surface area contributed by atoms with E-state index in [0.717, 1.165) is 31.0 Å². The van der Waals surface area contributed by atoms with Crippen LogP contribution in [0.4, 0.5) is 0 Å². The van der Waals surface area contributed by atoms with Crippen LogP contribution in [-0.2, 0) is 11.3 Å². The number of guanidine groups is 1. The highest BCUT2D eigenvalue weighted by Gasteiger charge is 2.18. The molecule has 110 valence electrons. The Morgan fingerprint density at radius 2 is 2.50 bits per heavy atom. The Morgan fingerprint density at radius 1 is 1.65 bits per heavy atom. The molecule has 2 rings (SSSR count). The van der Waals surface area contributed by atoms with Gasteiger partial charge in [0.05, 0.1) is 12.7 Å². The number of rotatable bonds is 4. The third-order valence-electron chi connectivity index (χ3n) is 3.23. The maximum atomic E-state index is 11.1. The smallest absolute Gasteiger partial charge is 0.220 e. The molecule has 1 unspecified atom stereocenters. The van der Waals surface area contributed by atoms with E-state index in [1.807, 2.05) is 24.0 Å². The minimum absolute atomic E-state index is 0.125. The van der Waals surface area contributed by atoms with Crippen LogP contribution in [0.2, 0.25) is 0 Å². The third kappa shape index (κ3) is 4.25. The van der Waals surface area contributed by atoms with Crippen molar-refractivity contribution in [2.24, 2.45) is 4.99 Å². The molecule has 3 N–H and O–H groups in total. The lowest BCUT2D eigenvalue weighted by Gasteiger charge is -2.25. The summed E-state index contributed by atoms with van der Waals surface area (Å²) in [7, 11) is 1.74. The highest BCUT2D eigenvalue weighted by atomic mass is 16.1. The van der Waals surface area contributed by atoms with Crippen LogP contribution in [0.3, 0.4) is 0 Å². The van der Waals surface area contributed by atoms with Gasteiger partial charge in [-0.1, -0.05) is 0 Å². The number of piperidine rings is 1. The maximum absolute atomic E-state index is 11.1. The van der Waals surface area contributed by atoms with Gasteiger partial charge in [0.2, 0.25) is 5.91 Å². The molecule has 7 nitrogen and oxygen atoms in total. The molecule has 1 amide bonds. The number of carbonyl (C=O) groups excluding carboxylic acids is 1. The SMILES string of the molecule is CN=C(NCCn1cc(C)cn1)NC1CCC(=O)NC1. The van der Waals surface area contributed by atoms with E-state index >= 15 is 0 Å². The number of nitrogens with zero attached hydrogens (tertiary/aromatic N) is 3. The summed E-state index contributed by atoms with van der Waals surface area (Å²) in [6, 6.07) is 0.242. The van der Waals surface area contributed by atoms with Gasteiger partial charge < -0.3 is 16.0 Å². The summed E-state index contributed by atoms with van der Waals surface area (Å²) in [5.41, 5.74) is 1.16. The minimum Gasteiger partial charge on any atom is -0.355 e. The Hall–Kier alpha value is -2.05. The molecule has 7 heteroatoms. The Balaban J connectivity index is 1.71. The number of nitrogens with one attached hydrogen (secondary N) is 3. The summed E-state index contributed by atoms with van der Waals surface area (Å²) < 4.78 is 1.90. The van der Waals surface area contributed by atoms with E-state index in [9.17, 15) is 4.79 Å². The fraction of sp³-hybridized carbons (Fsp3) is 0.615. The van der Waals surface area contributed by atoms with Crippen LogP contribution in [0.15, 0.2) is 17.4 Å². The van der Waals surface area contributed by atoms with Crippen molar-refractivity contribution in [3.05, 3.63) is 18.0 Å². The summed E-state index contributed by atoms with van der Waals surface area (Å²) in [4.78, 5) is 15.3. The number of hydrogen-bond donors (Lipinski definition) is 3. The summed E-state index contributed by atoms with van der Waals surface area (Å²) in [5.74, 6) is 0.884. The highest BCUT2D eigenvalue weighted by Crippen LogP contribution is 2.02. The largest absolute Gasteiger partial charge is 0.355 e. The quantitative estimate of drug-likeness (QED) is 0.518. The van der Waals surface area contributed by atoms with Crippen LogP contribution in [0.25, 0.3) is 0 Å². The van der Waals surface area contributed by atoms with Crippen LogP contribution < -0.4 is 16.0 Å². The third-order valence-corrected chi connectivity index (χ3v) is 3.23. The summed E-state index contributed by atoms with van der Waals surface area (Å²) in [6.45, 7) is 4.21. The first-order chi connectivity index (χ1) is 9.67. The van der Waals surface area contributed by atoms with E-state index in [2.05, 4.69) is 26.0 Å². The molecule has 2 heterocycles. The second-order valence-corrected chi connectivity index (χ2v) is 4.96. The maximum Gasteiger partial charge on any atom is 0.220 e. The molecule has 0 spiro atoms. The average molecular weight is 278 g/mol. The number of aryl methyl sites for hydroxylation is 1. The lowest BCUT2D eigenvalue weighted by Crippen LogP contribution is -2.51. The van der Waals surface area contributed by atoms with E-state index in [1.165, 1.54) is 0 Å². The van der Waals surface area contributed by atoms with Gasteiger partial charge >= 0.3 is 0 Å². The Bertz CT molecular complexity index is 471. The van der Waals surface area contributed by atoms with Crippen molar-refractivity contribution in [2.75, 3.05) is 20.1 Å². The first-order valence-corrected chi connectivity index (χ1v) is 6.90. The molecule has 1 fully saturated rings. The number of amides is 1. The molecule has 0 saturated carbocycles. The lowest BCUT2D eigenvalue weighted by atomic mass is 10.1. The summed E-state index contributed by atoms with van der Waals surface area (Å²) in [6.07, 6.45) is 5.26. The molecule has 1 aromatic heterocycles. The molecular weight excluding hydrogens is 256 g/mol. The van der Waals surface area contributed by atoms with E-state index < -0.39 is 0 Å². The topological polar surface area (TPSA) is 83.3 Å². The molecule has 1 aliphatic rings. The number of aliphatic imine (C=N–C) groups is 1. The van der Waals surface area contributed by atoms with Crippen LogP contribution in [0.1, 0.15) is 18.4 Å². The normalized spacial score (nSPS) is 19.6. The summed E-state index contributed by atoms with van der Waals surface area (Å²) >= 11 is 0. The predicted molar refractivity (Wildman–Crippen MR) is 77.5 cm³/mol. The number of carbonyl (C=O) groups is 1. The zero-order valence-corrected chi connectivity index (χ0v) is 12.0. The van der Waals surface area contributed by atoms with Gasteiger partial charge in [0, 0.05) is 38.8 Å². The zero-order chi connectivity index (χ0) is 14.4. The Morgan fingerprint density at radius 3 is 3.10 bits per heavy atom. The van der Waals surface area contributed by atoms with E-state index in [-0.39, 0.29) is 11.9 Å². The first kappa shape index (κ1) is 14.4. The fourth-order valence-electron chi connectivity index (χ4n) is 2.12. The van der Waals surface area contributed by atoms with Crippen molar-refractivity contribution in [1.82, 2.24) is 25.7 Å². The van der Waals surface area contributed by atoms with Crippen LogP contribution >= 0.6 is 0 Å². The van der Waals surface area contributed by atoms with E-state index in [4.69, 9.17) is 0 Å². The highest BCUT2D eigenvalue weighted by molar-refractivity contribution is 5.81. The van der Waals surface area contributed by atoms with Crippen molar-refractivity contribution in [2.45, 2.75) is 32.4 Å². The molecule has 0 bridgehead atoms. The molecule has 1 atom stereocenters. The molecule has 0 aromatic carbocycles. The molecular formula is C13H22N6O. The zero-order valence-electron chi connectivity index (χ0n) is 12.0. The van der Waals surface area contributed by atoms with Gasteiger partial charge in [0.25, 0.3) is 0 Å². The van der Waals surface area contributed by atoms with E-state index in [0.29, 0.717) is 13.0 Å². The van der Waals surface area contributed by atoms with Gasteiger partial charge in [0.1, 0.15) is 0 Å². The molecule has 1 saturated heterocycles. The monoisotopic (exact) mass is 278 g/mol. The minimum atomic E-state index is 0.125. The molecule has 0 aliphatic carbocycles. The lowest BCUT2D eigenvalue weighted by molar-refractivity contribution is -0.122. The molecule has 1 aliphatic heterocycles. The fourth-order valence-corrected chi connectivity index (χ4v) is 2.12. The van der Waals surface area contributed by atoms with E-state index in [1.54, 1.807) is 7.05 Å².